The third-order valence-corrected chi connectivity index (χ3v) is 5.52. The van der Waals surface area contributed by atoms with Crippen molar-refractivity contribution in [2.24, 2.45) is 0 Å². The van der Waals surface area contributed by atoms with E-state index in [1.54, 1.807) is 31.2 Å². The van der Waals surface area contributed by atoms with Crippen molar-refractivity contribution in [3.8, 4) is 5.75 Å². The predicted molar refractivity (Wildman–Crippen MR) is 125 cm³/mol. The molecule has 0 radical (unpaired) electrons. The molecule has 0 fully saturated rings. The van der Waals surface area contributed by atoms with Crippen LogP contribution in [0.25, 0.3) is 0 Å². The Bertz CT molecular complexity index is 1340. The van der Waals surface area contributed by atoms with Gasteiger partial charge in [0.1, 0.15) is 18.1 Å². The molecule has 0 saturated carbocycles. The summed E-state index contributed by atoms with van der Waals surface area (Å²) in [4.78, 5) is 12.6. The first-order valence-corrected chi connectivity index (χ1v) is 11.0. The first-order chi connectivity index (χ1) is 16.6. The fourth-order valence-electron chi connectivity index (χ4n) is 3.45. The molecule has 0 aliphatic heterocycles. The minimum absolute atomic E-state index is 0.0598. The van der Waals surface area contributed by atoms with Crippen molar-refractivity contribution < 1.29 is 27.1 Å². The number of ether oxygens (including phenoxy) is 1. The normalized spacial score (nSPS) is 11.5. The minimum Gasteiger partial charge on any atom is -0.484 e. The number of hydrogen-bond acceptors (Lipinski definition) is 4. The van der Waals surface area contributed by atoms with Gasteiger partial charge in [-0.15, -0.1) is 0 Å². The van der Waals surface area contributed by atoms with Crippen LogP contribution < -0.4 is 10.1 Å². The largest absolute Gasteiger partial charge is 0.484 e. The lowest BCUT2D eigenvalue weighted by molar-refractivity contribution is -0.137. The predicted octanol–water partition coefficient (Wildman–Crippen LogP) is 6.64. The highest BCUT2D eigenvalue weighted by atomic mass is 35.5. The number of para-hydroxylation sites is 1. The summed E-state index contributed by atoms with van der Waals surface area (Å²) in [5.74, 6) is 0.762. The van der Waals surface area contributed by atoms with Crippen LogP contribution in [0.2, 0.25) is 5.02 Å². The van der Waals surface area contributed by atoms with Crippen molar-refractivity contribution >= 4 is 23.3 Å². The van der Waals surface area contributed by atoms with Crippen LogP contribution in [0.5, 0.6) is 5.75 Å². The lowest BCUT2D eigenvalue weighted by Gasteiger charge is -2.09. The average Bonchev–Trinajstić information content (AvgIpc) is 3.40. The van der Waals surface area contributed by atoms with E-state index in [0.717, 1.165) is 17.7 Å². The average molecular weight is 504 g/mol. The molecule has 2 heterocycles. The number of furan rings is 1. The second-order valence-corrected chi connectivity index (χ2v) is 8.33. The summed E-state index contributed by atoms with van der Waals surface area (Å²) in [6.45, 7) is 3.82. The van der Waals surface area contributed by atoms with E-state index in [0.29, 0.717) is 27.8 Å². The third-order valence-electron chi connectivity index (χ3n) is 5.22. The van der Waals surface area contributed by atoms with Crippen molar-refractivity contribution in [1.29, 1.82) is 0 Å². The van der Waals surface area contributed by atoms with Gasteiger partial charge in [-0.25, -0.2) is 0 Å². The maximum Gasteiger partial charge on any atom is 0.416 e. The zero-order valence-corrected chi connectivity index (χ0v) is 19.6. The highest BCUT2D eigenvalue weighted by Crippen LogP contribution is 2.30. The van der Waals surface area contributed by atoms with Crippen LogP contribution >= 0.6 is 11.6 Å². The number of carbonyl (C=O) groups excluding carboxylic acids is 1. The van der Waals surface area contributed by atoms with E-state index < -0.39 is 17.6 Å². The van der Waals surface area contributed by atoms with E-state index in [1.807, 2.05) is 19.1 Å². The smallest absolute Gasteiger partial charge is 0.416 e. The maximum absolute atomic E-state index is 13.0. The van der Waals surface area contributed by atoms with Crippen molar-refractivity contribution in [3.05, 3.63) is 99.6 Å². The molecule has 35 heavy (non-hydrogen) atoms. The number of alkyl halides is 3. The number of amides is 1. The molecule has 2 aromatic heterocycles. The van der Waals surface area contributed by atoms with Crippen molar-refractivity contribution in [2.75, 3.05) is 5.32 Å². The number of aromatic nitrogens is 2. The number of hydrogen-bond donors (Lipinski definition) is 1. The summed E-state index contributed by atoms with van der Waals surface area (Å²) in [5.41, 5.74) is 1.25. The Hall–Kier alpha value is -3.72. The Morgan fingerprint density at radius 3 is 2.63 bits per heavy atom. The highest BCUT2D eigenvalue weighted by Gasteiger charge is 2.30. The van der Waals surface area contributed by atoms with Gasteiger partial charge in [-0.3, -0.25) is 9.48 Å². The first kappa shape index (κ1) is 24.4. The SMILES string of the molecule is Cc1cccc(Cl)c1OCc1ccc(C(=O)Nc2cc(C)n(Cc3cccc(C(F)(F)F)c3)n2)o1. The lowest BCUT2D eigenvalue weighted by Crippen LogP contribution is -2.12. The monoisotopic (exact) mass is 503 g/mol. The second-order valence-electron chi connectivity index (χ2n) is 7.92. The molecule has 4 aromatic rings. The Labute approximate surface area is 204 Å². The molecule has 10 heteroatoms. The number of carbonyl (C=O) groups is 1. The van der Waals surface area contributed by atoms with Crippen LogP contribution in [0.3, 0.4) is 0 Å². The van der Waals surface area contributed by atoms with Crippen LogP contribution in [0.4, 0.5) is 19.0 Å². The summed E-state index contributed by atoms with van der Waals surface area (Å²) < 4.78 is 51.7. The Kier molecular flexibility index (Phi) is 6.88. The van der Waals surface area contributed by atoms with Gasteiger partial charge in [0.05, 0.1) is 17.1 Å². The molecule has 0 bridgehead atoms. The van der Waals surface area contributed by atoms with Gasteiger partial charge in [0.2, 0.25) is 0 Å². The number of benzene rings is 2. The molecule has 4 rings (SSSR count). The van der Waals surface area contributed by atoms with Gasteiger partial charge in [0, 0.05) is 11.8 Å². The van der Waals surface area contributed by atoms with E-state index in [-0.39, 0.29) is 24.7 Å². The molecule has 0 saturated heterocycles. The molecule has 2 aromatic carbocycles. The van der Waals surface area contributed by atoms with Crippen LogP contribution in [-0.2, 0) is 19.3 Å². The van der Waals surface area contributed by atoms with E-state index >= 15 is 0 Å². The minimum atomic E-state index is -4.42. The number of aryl methyl sites for hydroxylation is 2. The molecule has 1 N–H and O–H groups in total. The number of nitrogens with zero attached hydrogens (tertiary/aromatic N) is 2. The van der Waals surface area contributed by atoms with E-state index in [1.165, 1.54) is 16.8 Å². The van der Waals surface area contributed by atoms with Gasteiger partial charge in [0.25, 0.3) is 5.91 Å². The van der Waals surface area contributed by atoms with Crippen molar-refractivity contribution in [1.82, 2.24) is 9.78 Å². The number of anilines is 1. The van der Waals surface area contributed by atoms with E-state index in [2.05, 4.69) is 10.4 Å². The lowest BCUT2D eigenvalue weighted by atomic mass is 10.1. The van der Waals surface area contributed by atoms with Crippen LogP contribution in [0, 0.1) is 13.8 Å². The van der Waals surface area contributed by atoms with Crippen LogP contribution in [0.1, 0.15) is 38.7 Å². The first-order valence-electron chi connectivity index (χ1n) is 10.6. The highest BCUT2D eigenvalue weighted by molar-refractivity contribution is 6.32. The van der Waals surface area contributed by atoms with Gasteiger partial charge < -0.3 is 14.5 Å². The number of nitrogens with one attached hydrogen (secondary N) is 1. The summed E-state index contributed by atoms with van der Waals surface area (Å²) in [7, 11) is 0. The van der Waals surface area contributed by atoms with Gasteiger partial charge in [-0.1, -0.05) is 35.9 Å². The van der Waals surface area contributed by atoms with E-state index in [4.69, 9.17) is 20.8 Å². The molecule has 0 spiro atoms. The molecule has 1 amide bonds. The van der Waals surface area contributed by atoms with E-state index in [9.17, 15) is 18.0 Å². The second kappa shape index (κ2) is 9.87. The molecule has 6 nitrogen and oxygen atoms in total. The van der Waals surface area contributed by atoms with Crippen LogP contribution in [-0.4, -0.2) is 15.7 Å². The van der Waals surface area contributed by atoms with Gasteiger partial charge in [-0.05, 0) is 55.3 Å². The molecule has 182 valence electrons. The zero-order valence-electron chi connectivity index (χ0n) is 18.8. The standard InChI is InChI=1S/C25H21ClF3N3O3/c1-15-5-3-8-20(26)23(15)34-14-19-9-10-21(35-19)24(33)30-22-11-16(2)32(31-22)13-17-6-4-7-18(12-17)25(27,28)29/h3-12H,13-14H2,1-2H3,(H,30,31,33). The molecule has 0 atom stereocenters. The zero-order chi connectivity index (χ0) is 25.2. The third kappa shape index (κ3) is 5.86. The fraction of sp³-hybridized carbons (Fsp3) is 0.200. The fourth-order valence-corrected chi connectivity index (χ4v) is 3.72. The summed E-state index contributed by atoms with van der Waals surface area (Å²) in [6.07, 6.45) is -4.42. The van der Waals surface area contributed by atoms with Gasteiger partial charge in [-0.2, -0.15) is 18.3 Å². The summed E-state index contributed by atoms with van der Waals surface area (Å²) >= 11 is 6.16. The van der Waals surface area contributed by atoms with Gasteiger partial charge in [0.15, 0.2) is 11.6 Å². The van der Waals surface area contributed by atoms with Gasteiger partial charge >= 0.3 is 6.18 Å². The Morgan fingerprint density at radius 1 is 1.11 bits per heavy atom. The molecule has 0 aliphatic rings. The summed E-state index contributed by atoms with van der Waals surface area (Å²) in [5, 5.41) is 7.40. The van der Waals surface area contributed by atoms with Crippen molar-refractivity contribution in [3.63, 3.8) is 0 Å². The van der Waals surface area contributed by atoms with Crippen LogP contribution in [0.15, 0.2) is 65.1 Å². The Balaban J connectivity index is 1.40. The molecule has 0 aliphatic carbocycles. The maximum atomic E-state index is 13.0. The topological polar surface area (TPSA) is 69.3 Å². The molecule has 0 unspecified atom stereocenters. The molecular formula is C25H21ClF3N3O3. The Morgan fingerprint density at radius 2 is 1.89 bits per heavy atom. The number of rotatable bonds is 7. The summed E-state index contributed by atoms with van der Waals surface area (Å²) in [6, 6.07) is 15.2. The number of halogens is 4. The molecular weight excluding hydrogens is 483 g/mol. The quantitative estimate of drug-likeness (QED) is 0.307. The van der Waals surface area contributed by atoms with Crippen molar-refractivity contribution in [2.45, 2.75) is 33.2 Å².